The second-order valence-electron chi connectivity index (χ2n) is 6.54. The largest absolute Gasteiger partial charge is 0.441 e. The number of carbonyl (C=O) groups excluding carboxylic acids is 2. The van der Waals surface area contributed by atoms with Crippen molar-refractivity contribution in [1.29, 1.82) is 0 Å². The molecule has 1 N–H and O–H groups in total. The summed E-state index contributed by atoms with van der Waals surface area (Å²) >= 11 is 0. The minimum atomic E-state index is -1.34. The van der Waals surface area contributed by atoms with E-state index in [4.69, 9.17) is 9.16 Å². The highest BCUT2D eigenvalue weighted by Crippen LogP contribution is 2.44. The Kier molecular flexibility index (Phi) is 4.46. The molecule has 1 saturated heterocycles. The van der Waals surface area contributed by atoms with Gasteiger partial charge in [0.05, 0.1) is 5.60 Å². The zero-order valence-corrected chi connectivity index (χ0v) is 14.0. The van der Waals surface area contributed by atoms with Crippen molar-refractivity contribution in [3.05, 3.63) is 0 Å². The lowest BCUT2D eigenvalue weighted by Gasteiger charge is -2.53. The summed E-state index contributed by atoms with van der Waals surface area (Å²) in [6, 6.07) is 0. The standard InChI is InChI=1S/C13H25NO4Si/c1-8(15)17-11-9(10(16)14-11)13(5,12(2,3)4)18-19(6)7/h9,11,19H,1-7H3,(H,14,16)/t9-,11-,13?/m0/s1. The number of carbonyl (C=O) groups is 2. The summed E-state index contributed by atoms with van der Waals surface area (Å²) < 4.78 is 11.3. The SMILES string of the molecule is CC(=O)O[C@@H]1NC(=O)[C@@H]1C(C)(O[SiH](C)C)C(C)(C)C. The molecule has 0 spiro atoms. The number of β-lactam (4-membered cyclic amide) rings is 1. The van der Waals surface area contributed by atoms with Gasteiger partial charge in [0.2, 0.25) is 5.91 Å². The average Bonchev–Trinajstić information content (AvgIpc) is 2.11. The van der Waals surface area contributed by atoms with E-state index in [0.29, 0.717) is 0 Å². The van der Waals surface area contributed by atoms with Crippen molar-refractivity contribution in [3.8, 4) is 0 Å². The van der Waals surface area contributed by atoms with Crippen LogP contribution in [0.1, 0.15) is 34.6 Å². The summed E-state index contributed by atoms with van der Waals surface area (Å²) in [5, 5.41) is 2.63. The van der Waals surface area contributed by atoms with Crippen LogP contribution in [0.25, 0.3) is 0 Å². The number of amides is 1. The zero-order valence-electron chi connectivity index (χ0n) is 12.9. The van der Waals surface area contributed by atoms with Gasteiger partial charge in [0, 0.05) is 6.92 Å². The van der Waals surface area contributed by atoms with E-state index in [9.17, 15) is 9.59 Å². The quantitative estimate of drug-likeness (QED) is 0.482. The average molecular weight is 287 g/mol. The van der Waals surface area contributed by atoms with E-state index in [2.05, 4.69) is 18.4 Å². The molecule has 0 bridgehead atoms. The molecule has 1 amide bonds. The van der Waals surface area contributed by atoms with Crippen molar-refractivity contribution in [2.75, 3.05) is 0 Å². The Morgan fingerprint density at radius 1 is 1.26 bits per heavy atom. The van der Waals surface area contributed by atoms with Gasteiger partial charge in [-0.05, 0) is 25.4 Å². The number of esters is 1. The lowest BCUT2D eigenvalue weighted by molar-refractivity contribution is -0.193. The van der Waals surface area contributed by atoms with Crippen LogP contribution in [-0.4, -0.2) is 32.7 Å². The van der Waals surface area contributed by atoms with Crippen molar-refractivity contribution in [3.63, 3.8) is 0 Å². The monoisotopic (exact) mass is 287 g/mol. The zero-order chi connectivity index (χ0) is 15.0. The van der Waals surface area contributed by atoms with E-state index in [0.717, 1.165) is 0 Å². The molecule has 1 heterocycles. The highest BCUT2D eigenvalue weighted by atomic mass is 28.3. The Hall–Kier alpha value is -0.883. The number of ether oxygens (including phenoxy) is 1. The first-order valence-corrected chi connectivity index (χ1v) is 9.42. The van der Waals surface area contributed by atoms with E-state index >= 15 is 0 Å². The van der Waals surface area contributed by atoms with Crippen LogP contribution in [0, 0.1) is 11.3 Å². The van der Waals surface area contributed by atoms with Crippen molar-refractivity contribution in [2.45, 2.75) is 59.5 Å². The molecular weight excluding hydrogens is 262 g/mol. The molecule has 1 aliphatic heterocycles. The smallest absolute Gasteiger partial charge is 0.304 e. The number of rotatable bonds is 4. The van der Waals surface area contributed by atoms with Crippen LogP contribution in [0.15, 0.2) is 0 Å². The first kappa shape index (κ1) is 16.2. The third-order valence-corrected chi connectivity index (χ3v) is 4.69. The molecule has 5 nitrogen and oxygen atoms in total. The lowest BCUT2D eigenvalue weighted by Crippen LogP contribution is -2.71. The Bertz CT molecular complexity index is 377. The molecule has 1 fully saturated rings. The molecule has 19 heavy (non-hydrogen) atoms. The van der Waals surface area contributed by atoms with E-state index in [-0.39, 0.29) is 11.3 Å². The van der Waals surface area contributed by atoms with Crippen LogP contribution < -0.4 is 5.32 Å². The lowest BCUT2D eigenvalue weighted by atomic mass is 9.67. The Balaban J connectivity index is 3.03. The molecule has 0 aromatic carbocycles. The van der Waals surface area contributed by atoms with E-state index in [1.165, 1.54) is 6.92 Å². The van der Waals surface area contributed by atoms with Crippen molar-refractivity contribution < 1.29 is 18.8 Å². The van der Waals surface area contributed by atoms with Gasteiger partial charge in [0.25, 0.3) is 0 Å². The van der Waals surface area contributed by atoms with Gasteiger partial charge in [0.15, 0.2) is 15.3 Å². The van der Waals surface area contributed by atoms with Crippen LogP contribution >= 0.6 is 0 Å². The van der Waals surface area contributed by atoms with Gasteiger partial charge in [-0.3, -0.25) is 9.59 Å². The Labute approximate surface area is 116 Å². The molecule has 0 aromatic heterocycles. The maximum absolute atomic E-state index is 11.9. The van der Waals surface area contributed by atoms with Gasteiger partial charge in [-0.25, -0.2) is 0 Å². The van der Waals surface area contributed by atoms with E-state index < -0.39 is 32.8 Å². The molecule has 0 aromatic rings. The van der Waals surface area contributed by atoms with Crippen LogP contribution in [0.2, 0.25) is 13.1 Å². The molecule has 0 aliphatic carbocycles. The van der Waals surface area contributed by atoms with Crippen LogP contribution in [0.4, 0.5) is 0 Å². The van der Waals surface area contributed by atoms with Crippen molar-refractivity contribution in [1.82, 2.24) is 5.32 Å². The molecular formula is C13H25NO4Si. The molecule has 0 saturated carbocycles. The van der Waals surface area contributed by atoms with E-state index in [1.807, 2.05) is 27.7 Å². The summed E-state index contributed by atoms with van der Waals surface area (Å²) in [5.41, 5.74) is -0.874. The highest BCUT2D eigenvalue weighted by molar-refractivity contribution is 6.48. The third-order valence-electron chi connectivity index (χ3n) is 3.73. The fourth-order valence-corrected chi connectivity index (χ4v) is 3.86. The van der Waals surface area contributed by atoms with Gasteiger partial charge in [-0.1, -0.05) is 20.8 Å². The first-order valence-electron chi connectivity index (χ1n) is 6.64. The molecule has 0 radical (unpaired) electrons. The summed E-state index contributed by atoms with van der Waals surface area (Å²) in [6.45, 7) is 13.6. The number of hydrogen-bond donors (Lipinski definition) is 1. The fourth-order valence-electron chi connectivity index (χ4n) is 2.38. The van der Waals surface area contributed by atoms with Gasteiger partial charge >= 0.3 is 5.97 Å². The van der Waals surface area contributed by atoms with Crippen molar-refractivity contribution in [2.24, 2.45) is 11.3 Å². The number of hydrogen-bond acceptors (Lipinski definition) is 4. The maximum Gasteiger partial charge on any atom is 0.304 e. The predicted molar refractivity (Wildman–Crippen MR) is 75.0 cm³/mol. The molecule has 1 unspecified atom stereocenters. The Morgan fingerprint density at radius 3 is 2.11 bits per heavy atom. The second-order valence-corrected chi connectivity index (χ2v) is 8.87. The first-order chi connectivity index (χ1) is 8.49. The minimum absolute atomic E-state index is 0.113. The van der Waals surface area contributed by atoms with Crippen molar-refractivity contribution >= 4 is 20.9 Å². The second kappa shape index (κ2) is 5.24. The summed E-state index contributed by atoms with van der Waals surface area (Å²) in [6.07, 6.45) is -0.582. The Morgan fingerprint density at radius 2 is 1.79 bits per heavy atom. The molecule has 1 aliphatic rings. The fraction of sp³-hybridized carbons (Fsp3) is 0.846. The summed E-state index contributed by atoms with van der Waals surface area (Å²) in [4.78, 5) is 23.0. The van der Waals surface area contributed by atoms with Crippen LogP contribution in [0.5, 0.6) is 0 Å². The third kappa shape index (κ3) is 3.17. The predicted octanol–water partition coefficient (Wildman–Crippen LogP) is 1.43. The van der Waals surface area contributed by atoms with Gasteiger partial charge in [-0.2, -0.15) is 0 Å². The van der Waals surface area contributed by atoms with Gasteiger partial charge in [0.1, 0.15) is 5.92 Å². The van der Waals surface area contributed by atoms with Crippen LogP contribution in [-0.2, 0) is 18.8 Å². The molecule has 3 atom stereocenters. The van der Waals surface area contributed by atoms with Gasteiger partial charge < -0.3 is 14.5 Å². The highest BCUT2D eigenvalue weighted by Gasteiger charge is 2.58. The molecule has 1 rings (SSSR count). The molecule has 6 heteroatoms. The van der Waals surface area contributed by atoms with E-state index in [1.54, 1.807) is 0 Å². The summed E-state index contributed by atoms with van der Waals surface area (Å²) in [7, 11) is -1.34. The minimum Gasteiger partial charge on any atom is -0.441 e. The summed E-state index contributed by atoms with van der Waals surface area (Å²) in [5.74, 6) is -0.960. The van der Waals surface area contributed by atoms with Gasteiger partial charge in [-0.15, -0.1) is 0 Å². The maximum atomic E-state index is 11.9. The molecule has 110 valence electrons. The normalized spacial score (nSPS) is 26.4. The topological polar surface area (TPSA) is 64.6 Å². The van der Waals surface area contributed by atoms with Crippen LogP contribution in [0.3, 0.4) is 0 Å². The number of nitrogens with one attached hydrogen (secondary N) is 1.